The average molecular weight is 276 g/mol. The maximum Gasteiger partial charge on any atom is 0.0931 e. The third-order valence-electron chi connectivity index (χ3n) is 4.99. The van der Waals surface area contributed by atoms with E-state index >= 15 is 0 Å². The quantitative estimate of drug-likeness (QED) is 0.870. The molecule has 1 aromatic rings. The fourth-order valence-corrected chi connectivity index (χ4v) is 3.64. The molecule has 0 bridgehead atoms. The molecule has 4 nitrogen and oxygen atoms in total. The zero-order valence-corrected chi connectivity index (χ0v) is 12.1. The number of hydrogen-bond donors (Lipinski definition) is 2. The molecule has 3 atom stereocenters. The first-order chi connectivity index (χ1) is 9.58. The SMILES string of the molecule is C[C@@H](O)c1ccc(N2CCC3(O)CCCCC3C2)cn1. The van der Waals surface area contributed by atoms with Crippen molar-refractivity contribution in [3.05, 3.63) is 24.0 Å². The van der Waals surface area contributed by atoms with Crippen LogP contribution in [0.1, 0.15) is 50.8 Å². The number of aliphatic hydroxyl groups is 2. The smallest absolute Gasteiger partial charge is 0.0931 e. The van der Waals surface area contributed by atoms with E-state index in [1.165, 1.54) is 6.42 Å². The highest BCUT2D eigenvalue weighted by atomic mass is 16.3. The van der Waals surface area contributed by atoms with Crippen molar-refractivity contribution in [2.75, 3.05) is 18.0 Å². The number of aliphatic hydroxyl groups excluding tert-OH is 1. The molecule has 4 heteroatoms. The first-order valence-electron chi connectivity index (χ1n) is 7.70. The Balaban J connectivity index is 1.72. The van der Waals surface area contributed by atoms with Crippen molar-refractivity contribution < 1.29 is 10.2 Å². The zero-order chi connectivity index (χ0) is 14.2. The summed E-state index contributed by atoms with van der Waals surface area (Å²) in [5.74, 6) is 0.390. The lowest BCUT2D eigenvalue weighted by Crippen LogP contribution is -2.53. The van der Waals surface area contributed by atoms with Gasteiger partial charge in [-0.15, -0.1) is 0 Å². The van der Waals surface area contributed by atoms with Crippen LogP contribution in [0.5, 0.6) is 0 Å². The third-order valence-corrected chi connectivity index (χ3v) is 4.99. The summed E-state index contributed by atoms with van der Waals surface area (Å²) in [5, 5.41) is 20.2. The van der Waals surface area contributed by atoms with Crippen LogP contribution in [-0.4, -0.2) is 33.9 Å². The Bertz CT molecular complexity index is 460. The van der Waals surface area contributed by atoms with E-state index in [9.17, 15) is 10.2 Å². The Morgan fingerprint density at radius 1 is 1.35 bits per heavy atom. The van der Waals surface area contributed by atoms with E-state index in [0.717, 1.165) is 44.5 Å². The van der Waals surface area contributed by atoms with E-state index in [1.54, 1.807) is 6.92 Å². The van der Waals surface area contributed by atoms with Gasteiger partial charge in [0.2, 0.25) is 0 Å². The first kappa shape index (κ1) is 13.8. The number of anilines is 1. The maximum atomic E-state index is 10.7. The van der Waals surface area contributed by atoms with Crippen LogP contribution in [0, 0.1) is 5.92 Å². The van der Waals surface area contributed by atoms with Crippen molar-refractivity contribution in [3.63, 3.8) is 0 Å². The van der Waals surface area contributed by atoms with Crippen LogP contribution in [0.25, 0.3) is 0 Å². The van der Waals surface area contributed by atoms with E-state index in [1.807, 2.05) is 18.3 Å². The summed E-state index contributed by atoms with van der Waals surface area (Å²) in [5.41, 5.74) is 1.38. The molecule has 0 spiro atoms. The molecule has 0 radical (unpaired) electrons. The highest BCUT2D eigenvalue weighted by Gasteiger charge is 2.42. The Hall–Kier alpha value is -1.13. The first-order valence-corrected chi connectivity index (χ1v) is 7.70. The molecule has 2 unspecified atom stereocenters. The summed E-state index contributed by atoms with van der Waals surface area (Å²) in [7, 11) is 0. The topological polar surface area (TPSA) is 56.6 Å². The van der Waals surface area contributed by atoms with Crippen molar-refractivity contribution in [2.45, 2.75) is 50.7 Å². The van der Waals surface area contributed by atoms with E-state index in [0.29, 0.717) is 11.6 Å². The fraction of sp³-hybridized carbons (Fsp3) is 0.688. The van der Waals surface area contributed by atoms with Gasteiger partial charge in [-0.05, 0) is 38.3 Å². The monoisotopic (exact) mass is 276 g/mol. The molecule has 1 aliphatic carbocycles. The van der Waals surface area contributed by atoms with Crippen LogP contribution >= 0.6 is 0 Å². The predicted octanol–water partition coefficient (Wildman–Crippen LogP) is 2.27. The number of hydrogen-bond acceptors (Lipinski definition) is 4. The van der Waals surface area contributed by atoms with Crippen LogP contribution in [0.15, 0.2) is 18.3 Å². The van der Waals surface area contributed by atoms with Gasteiger partial charge in [-0.3, -0.25) is 4.98 Å². The second kappa shape index (κ2) is 5.34. The molecule has 20 heavy (non-hydrogen) atoms. The van der Waals surface area contributed by atoms with Crippen molar-refractivity contribution in [2.24, 2.45) is 5.92 Å². The maximum absolute atomic E-state index is 10.7. The van der Waals surface area contributed by atoms with Gasteiger partial charge in [0.25, 0.3) is 0 Å². The highest BCUT2D eigenvalue weighted by molar-refractivity contribution is 5.45. The molecule has 1 saturated heterocycles. The van der Waals surface area contributed by atoms with E-state index in [-0.39, 0.29) is 0 Å². The molecule has 1 saturated carbocycles. The van der Waals surface area contributed by atoms with Gasteiger partial charge in [-0.1, -0.05) is 12.8 Å². The van der Waals surface area contributed by atoms with Gasteiger partial charge in [0.1, 0.15) is 0 Å². The van der Waals surface area contributed by atoms with Crippen LogP contribution in [0.2, 0.25) is 0 Å². The normalized spacial score (nSPS) is 31.8. The van der Waals surface area contributed by atoms with Crippen LogP contribution in [0.4, 0.5) is 5.69 Å². The molecule has 0 aromatic carbocycles. The summed E-state index contributed by atoms with van der Waals surface area (Å²) < 4.78 is 0. The zero-order valence-electron chi connectivity index (χ0n) is 12.1. The van der Waals surface area contributed by atoms with Crippen molar-refractivity contribution in [1.29, 1.82) is 0 Å². The molecular weight excluding hydrogens is 252 g/mol. The minimum Gasteiger partial charge on any atom is -0.389 e. The van der Waals surface area contributed by atoms with Crippen molar-refractivity contribution in [3.8, 4) is 0 Å². The largest absolute Gasteiger partial charge is 0.389 e. The van der Waals surface area contributed by atoms with Gasteiger partial charge < -0.3 is 15.1 Å². The van der Waals surface area contributed by atoms with Gasteiger partial charge in [-0.2, -0.15) is 0 Å². The molecule has 110 valence electrons. The van der Waals surface area contributed by atoms with Crippen LogP contribution < -0.4 is 4.90 Å². The van der Waals surface area contributed by atoms with Gasteiger partial charge in [0, 0.05) is 19.0 Å². The lowest BCUT2D eigenvalue weighted by molar-refractivity contribution is -0.0612. The Kier molecular flexibility index (Phi) is 3.69. The minimum absolute atomic E-state index is 0.390. The predicted molar refractivity (Wildman–Crippen MR) is 78.6 cm³/mol. The number of fused-ring (bicyclic) bond motifs is 1. The highest BCUT2D eigenvalue weighted by Crippen LogP contribution is 2.40. The van der Waals surface area contributed by atoms with E-state index < -0.39 is 11.7 Å². The number of piperidine rings is 1. The number of aromatic nitrogens is 1. The van der Waals surface area contributed by atoms with Crippen molar-refractivity contribution in [1.82, 2.24) is 4.98 Å². The van der Waals surface area contributed by atoms with Crippen molar-refractivity contribution >= 4 is 5.69 Å². The second-order valence-electron chi connectivity index (χ2n) is 6.36. The summed E-state index contributed by atoms with van der Waals surface area (Å²) in [6.45, 7) is 3.54. The van der Waals surface area contributed by atoms with Gasteiger partial charge in [0.15, 0.2) is 0 Å². The standard InChI is InChI=1S/C16H24N2O2/c1-12(19)15-6-5-14(10-17-15)18-9-8-16(20)7-3-2-4-13(16)11-18/h5-6,10,12-13,19-20H,2-4,7-9,11H2,1H3/t12-,13?,16?/m1/s1. The Morgan fingerprint density at radius 3 is 2.90 bits per heavy atom. The molecule has 2 N–H and O–H groups in total. The Labute approximate surface area is 120 Å². The van der Waals surface area contributed by atoms with Gasteiger partial charge in [0.05, 0.1) is 29.3 Å². The lowest BCUT2D eigenvalue weighted by atomic mass is 9.71. The summed E-state index contributed by atoms with van der Waals surface area (Å²) in [4.78, 5) is 6.64. The van der Waals surface area contributed by atoms with Gasteiger partial charge >= 0.3 is 0 Å². The third kappa shape index (κ3) is 2.54. The van der Waals surface area contributed by atoms with Crippen LogP contribution in [-0.2, 0) is 0 Å². The fourth-order valence-electron chi connectivity index (χ4n) is 3.64. The molecule has 2 aliphatic rings. The van der Waals surface area contributed by atoms with E-state index in [2.05, 4.69) is 9.88 Å². The number of rotatable bonds is 2. The van der Waals surface area contributed by atoms with Crippen LogP contribution in [0.3, 0.4) is 0 Å². The number of pyridine rings is 1. The average Bonchev–Trinajstić information content (AvgIpc) is 2.46. The molecule has 1 aromatic heterocycles. The second-order valence-corrected chi connectivity index (χ2v) is 6.36. The van der Waals surface area contributed by atoms with E-state index in [4.69, 9.17) is 0 Å². The molecule has 2 heterocycles. The molecule has 1 aliphatic heterocycles. The van der Waals surface area contributed by atoms with Gasteiger partial charge in [-0.25, -0.2) is 0 Å². The summed E-state index contributed by atoms with van der Waals surface area (Å²) in [6, 6.07) is 3.92. The summed E-state index contributed by atoms with van der Waals surface area (Å²) >= 11 is 0. The molecule has 2 fully saturated rings. The molecule has 0 amide bonds. The summed E-state index contributed by atoms with van der Waals surface area (Å²) in [6.07, 6.45) is 6.67. The Morgan fingerprint density at radius 2 is 2.20 bits per heavy atom. The number of nitrogens with zero attached hydrogens (tertiary/aromatic N) is 2. The lowest BCUT2D eigenvalue weighted by Gasteiger charge is -2.48. The minimum atomic E-state index is -0.520. The molecule has 3 rings (SSSR count). The molecular formula is C16H24N2O2.